The van der Waals surface area contributed by atoms with Crippen LogP contribution >= 0.6 is 0 Å². The molecule has 0 aliphatic heterocycles. The molecule has 0 fully saturated rings. The van der Waals surface area contributed by atoms with Crippen LogP contribution in [0.1, 0.15) is 15.9 Å². The largest absolute Gasteiger partial charge is 0.494 e. The lowest BCUT2D eigenvalue weighted by atomic mass is 10.1. The summed E-state index contributed by atoms with van der Waals surface area (Å²) in [6, 6.07) is 13.2. The number of pyridine rings is 1. The third-order valence-corrected chi connectivity index (χ3v) is 4.06. The number of rotatable bonds is 4. The van der Waals surface area contributed by atoms with Gasteiger partial charge in [0, 0.05) is 24.7 Å². The number of methoxy groups -OCH3 is 1. The van der Waals surface area contributed by atoms with Crippen LogP contribution in [0.2, 0.25) is 0 Å². The summed E-state index contributed by atoms with van der Waals surface area (Å²) in [5.74, 6) is -0.953. The van der Waals surface area contributed by atoms with Crippen molar-refractivity contribution in [1.29, 1.82) is 0 Å². The van der Waals surface area contributed by atoms with Gasteiger partial charge in [-0.2, -0.15) is 0 Å². The quantitative estimate of drug-likeness (QED) is 0.794. The molecule has 0 aliphatic carbocycles. The number of carbonyl (C=O) groups excluding carboxylic acids is 1. The molecule has 6 heteroatoms. The van der Waals surface area contributed by atoms with E-state index in [9.17, 15) is 14.0 Å². The average Bonchev–Trinajstić information content (AvgIpc) is 2.63. The van der Waals surface area contributed by atoms with Crippen molar-refractivity contribution in [2.75, 3.05) is 7.11 Å². The first kappa shape index (κ1) is 16.7. The zero-order valence-corrected chi connectivity index (χ0v) is 13.9. The molecule has 5 nitrogen and oxygen atoms in total. The third-order valence-electron chi connectivity index (χ3n) is 4.06. The first-order valence-corrected chi connectivity index (χ1v) is 7.70. The molecule has 0 radical (unpaired) electrons. The predicted octanol–water partition coefficient (Wildman–Crippen LogP) is 2.62. The average molecular weight is 340 g/mol. The lowest BCUT2D eigenvalue weighted by Gasteiger charge is -2.10. The molecule has 0 aliphatic rings. The Kier molecular flexibility index (Phi) is 4.52. The summed E-state index contributed by atoms with van der Waals surface area (Å²) < 4.78 is 19.9. The van der Waals surface area contributed by atoms with Gasteiger partial charge in [0.2, 0.25) is 0 Å². The molecule has 1 heterocycles. The van der Waals surface area contributed by atoms with E-state index >= 15 is 0 Å². The molecule has 1 N–H and O–H groups in total. The van der Waals surface area contributed by atoms with Crippen LogP contribution in [0.4, 0.5) is 4.39 Å². The maximum atomic E-state index is 13.4. The summed E-state index contributed by atoms with van der Waals surface area (Å²) in [7, 11) is 3.03. The number of hydrogen-bond donors (Lipinski definition) is 1. The summed E-state index contributed by atoms with van der Waals surface area (Å²) in [4.78, 5) is 24.7. The van der Waals surface area contributed by atoms with Crippen LogP contribution in [0.15, 0.2) is 53.3 Å². The van der Waals surface area contributed by atoms with Gasteiger partial charge in [0.15, 0.2) is 11.6 Å². The monoisotopic (exact) mass is 340 g/mol. The number of ether oxygens (including phenoxy) is 1. The van der Waals surface area contributed by atoms with E-state index in [2.05, 4.69) is 5.32 Å². The minimum absolute atomic E-state index is 0.00531. The molecular weight excluding hydrogens is 323 g/mol. The second-order valence-corrected chi connectivity index (χ2v) is 5.62. The summed E-state index contributed by atoms with van der Waals surface area (Å²) in [6.45, 7) is 0.0794. The van der Waals surface area contributed by atoms with Crippen molar-refractivity contribution in [3.63, 3.8) is 0 Å². The minimum Gasteiger partial charge on any atom is -0.494 e. The number of aromatic nitrogens is 1. The van der Waals surface area contributed by atoms with Crippen LogP contribution in [0.5, 0.6) is 5.75 Å². The third kappa shape index (κ3) is 3.24. The second kappa shape index (κ2) is 6.76. The van der Waals surface area contributed by atoms with Gasteiger partial charge in [-0.15, -0.1) is 0 Å². The molecule has 0 atom stereocenters. The number of nitrogens with one attached hydrogen (secondary N) is 1. The first-order chi connectivity index (χ1) is 12.0. The number of benzene rings is 2. The van der Waals surface area contributed by atoms with Gasteiger partial charge in [-0.1, -0.05) is 18.2 Å². The van der Waals surface area contributed by atoms with Crippen molar-refractivity contribution in [3.8, 4) is 5.75 Å². The van der Waals surface area contributed by atoms with E-state index in [1.807, 2.05) is 24.3 Å². The second-order valence-electron chi connectivity index (χ2n) is 5.62. The number of carbonyl (C=O) groups is 1. The van der Waals surface area contributed by atoms with Crippen LogP contribution in [-0.2, 0) is 13.6 Å². The summed E-state index contributed by atoms with van der Waals surface area (Å²) in [5, 5.41) is 3.60. The zero-order valence-electron chi connectivity index (χ0n) is 13.9. The lowest BCUT2D eigenvalue weighted by molar-refractivity contribution is 0.0950. The number of halogens is 1. The Balaban J connectivity index is 1.84. The molecule has 25 heavy (non-hydrogen) atoms. The number of aryl methyl sites for hydroxylation is 1. The summed E-state index contributed by atoms with van der Waals surface area (Å²) in [6.07, 6.45) is 0. The van der Waals surface area contributed by atoms with Crippen molar-refractivity contribution in [1.82, 2.24) is 9.88 Å². The van der Waals surface area contributed by atoms with Crippen molar-refractivity contribution < 1.29 is 13.9 Å². The maximum absolute atomic E-state index is 13.4. The number of hydrogen-bond acceptors (Lipinski definition) is 3. The van der Waals surface area contributed by atoms with Crippen molar-refractivity contribution in [2.45, 2.75) is 6.54 Å². The van der Waals surface area contributed by atoms with E-state index in [-0.39, 0.29) is 23.4 Å². The van der Waals surface area contributed by atoms with E-state index in [0.29, 0.717) is 5.56 Å². The van der Waals surface area contributed by atoms with E-state index < -0.39 is 11.7 Å². The number of para-hydroxylation sites is 1. The van der Waals surface area contributed by atoms with Gasteiger partial charge in [-0.3, -0.25) is 9.59 Å². The van der Waals surface area contributed by atoms with Crippen LogP contribution in [0.25, 0.3) is 10.9 Å². The number of amides is 1. The smallest absolute Gasteiger partial charge is 0.255 e. The van der Waals surface area contributed by atoms with Crippen LogP contribution in [-0.4, -0.2) is 17.6 Å². The fraction of sp³-hybridized carbons (Fsp3) is 0.158. The number of fused-ring (bicyclic) bond motifs is 1. The molecule has 1 amide bonds. The Labute approximate surface area is 143 Å². The van der Waals surface area contributed by atoms with Crippen molar-refractivity contribution >= 4 is 16.8 Å². The molecule has 128 valence electrons. The Bertz CT molecular complexity index is 1010. The van der Waals surface area contributed by atoms with Crippen LogP contribution in [0.3, 0.4) is 0 Å². The van der Waals surface area contributed by atoms with Crippen molar-refractivity contribution in [3.05, 3.63) is 75.8 Å². The van der Waals surface area contributed by atoms with Gasteiger partial charge in [-0.05, 0) is 35.7 Å². The van der Waals surface area contributed by atoms with Gasteiger partial charge < -0.3 is 14.6 Å². The normalized spacial score (nSPS) is 10.7. The van der Waals surface area contributed by atoms with Gasteiger partial charge in [0.25, 0.3) is 11.5 Å². The molecule has 0 saturated heterocycles. The highest BCUT2D eigenvalue weighted by Crippen LogP contribution is 2.18. The Morgan fingerprint density at radius 1 is 1.20 bits per heavy atom. The summed E-state index contributed by atoms with van der Waals surface area (Å²) >= 11 is 0. The van der Waals surface area contributed by atoms with E-state index in [1.165, 1.54) is 25.3 Å². The summed E-state index contributed by atoms with van der Waals surface area (Å²) in [5.41, 5.74) is 1.39. The fourth-order valence-electron chi connectivity index (χ4n) is 2.69. The zero-order chi connectivity index (χ0) is 18.0. The van der Waals surface area contributed by atoms with E-state index in [4.69, 9.17) is 4.74 Å². The molecule has 2 aromatic carbocycles. The molecule has 0 saturated carbocycles. The fourth-order valence-corrected chi connectivity index (χ4v) is 2.69. The maximum Gasteiger partial charge on any atom is 0.255 e. The van der Waals surface area contributed by atoms with Crippen LogP contribution < -0.4 is 15.6 Å². The predicted molar refractivity (Wildman–Crippen MR) is 93.3 cm³/mol. The highest BCUT2D eigenvalue weighted by molar-refractivity contribution is 5.94. The Morgan fingerprint density at radius 3 is 2.72 bits per heavy atom. The molecule has 0 spiro atoms. The molecule has 3 rings (SSSR count). The van der Waals surface area contributed by atoms with Crippen LogP contribution in [0, 0.1) is 5.82 Å². The molecule has 0 unspecified atom stereocenters. The number of nitrogens with zero attached hydrogens (tertiary/aromatic N) is 1. The minimum atomic E-state index is -0.539. The lowest BCUT2D eigenvalue weighted by Crippen LogP contribution is -2.29. The molecule has 0 bridgehead atoms. The molecular formula is C19H17FN2O3. The van der Waals surface area contributed by atoms with E-state index in [0.717, 1.165) is 10.9 Å². The van der Waals surface area contributed by atoms with Gasteiger partial charge in [0.1, 0.15) is 0 Å². The highest BCUT2D eigenvalue weighted by Gasteiger charge is 2.12. The molecule has 3 aromatic rings. The molecule has 1 aromatic heterocycles. The van der Waals surface area contributed by atoms with Crippen molar-refractivity contribution in [2.24, 2.45) is 7.05 Å². The van der Waals surface area contributed by atoms with Gasteiger partial charge in [-0.25, -0.2) is 4.39 Å². The van der Waals surface area contributed by atoms with Gasteiger partial charge >= 0.3 is 0 Å². The first-order valence-electron chi connectivity index (χ1n) is 7.70. The Hall–Kier alpha value is -3.15. The Morgan fingerprint density at radius 2 is 1.96 bits per heavy atom. The topological polar surface area (TPSA) is 60.3 Å². The highest BCUT2D eigenvalue weighted by atomic mass is 19.1. The SMILES string of the molecule is COc1cc(C(=O)NCc2cc3ccccc3n(C)c2=O)ccc1F. The van der Waals surface area contributed by atoms with E-state index in [1.54, 1.807) is 17.7 Å². The standard InChI is InChI=1S/C19H17FN2O3/c1-22-16-6-4-3-5-12(16)9-14(19(22)24)11-21-18(23)13-7-8-15(20)17(10-13)25-2/h3-10H,11H2,1-2H3,(H,21,23). The van der Waals surface area contributed by atoms with Gasteiger partial charge in [0.05, 0.1) is 12.6 Å².